The van der Waals surface area contributed by atoms with Gasteiger partial charge in [-0.05, 0) is 37.3 Å². The average Bonchev–Trinajstić information content (AvgIpc) is 3.08. The van der Waals surface area contributed by atoms with Crippen LogP contribution < -0.4 is 15.9 Å². The molecule has 31 heavy (non-hydrogen) atoms. The molecule has 164 valence electrons. The number of amides is 1. The van der Waals surface area contributed by atoms with E-state index in [9.17, 15) is 18.0 Å². The number of hydrogen-bond acceptors (Lipinski definition) is 6. The number of nitrogen functional groups attached to an aromatic ring is 1. The third kappa shape index (κ3) is 5.61. The van der Waals surface area contributed by atoms with E-state index in [1.54, 1.807) is 24.3 Å². The van der Waals surface area contributed by atoms with E-state index in [1.807, 2.05) is 6.92 Å². The highest BCUT2D eigenvalue weighted by Crippen LogP contribution is 2.34. The maximum atomic E-state index is 12.9. The molecule has 7 nitrogen and oxygen atoms in total. The van der Waals surface area contributed by atoms with Crippen molar-refractivity contribution in [2.75, 3.05) is 23.5 Å². The van der Waals surface area contributed by atoms with Crippen LogP contribution in [0.1, 0.15) is 12.5 Å². The van der Waals surface area contributed by atoms with Crippen LogP contribution in [0.25, 0.3) is 11.4 Å². The lowest BCUT2D eigenvalue weighted by Gasteiger charge is -2.11. The summed E-state index contributed by atoms with van der Waals surface area (Å²) in [4.78, 5) is 12.2. The third-order valence-electron chi connectivity index (χ3n) is 3.97. The molecule has 0 aliphatic heterocycles. The second-order valence-electron chi connectivity index (χ2n) is 6.17. The summed E-state index contributed by atoms with van der Waals surface area (Å²) in [6.07, 6.45) is -4.55. The van der Waals surface area contributed by atoms with Gasteiger partial charge >= 0.3 is 6.18 Å². The van der Waals surface area contributed by atoms with Crippen molar-refractivity contribution >= 4 is 35.0 Å². The van der Waals surface area contributed by atoms with E-state index >= 15 is 0 Å². The number of thioether (sulfide) groups is 1. The van der Waals surface area contributed by atoms with E-state index in [1.165, 1.54) is 4.68 Å². The normalized spacial score (nSPS) is 11.4. The molecular weight excluding hydrogens is 455 g/mol. The Hall–Kier alpha value is -2.92. The van der Waals surface area contributed by atoms with Gasteiger partial charge in [0.2, 0.25) is 11.1 Å². The molecule has 1 heterocycles. The Labute approximate surface area is 184 Å². The van der Waals surface area contributed by atoms with Crippen LogP contribution in [0.15, 0.2) is 47.6 Å². The number of benzene rings is 2. The molecule has 1 amide bonds. The first-order chi connectivity index (χ1) is 14.7. The van der Waals surface area contributed by atoms with Crippen molar-refractivity contribution in [2.45, 2.75) is 18.3 Å². The van der Waals surface area contributed by atoms with Crippen LogP contribution in [-0.2, 0) is 11.0 Å². The maximum absolute atomic E-state index is 12.9. The molecule has 0 radical (unpaired) electrons. The molecule has 2 aromatic carbocycles. The number of anilines is 1. The van der Waals surface area contributed by atoms with Crippen molar-refractivity contribution in [3.8, 4) is 17.1 Å². The van der Waals surface area contributed by atoms with Crippen molar-refractivity contribution in [3.05, 3.63) is 53.1 Å². The number of carbonyl (C=O) groups is 1. The first kappa shape index (κ1) is 22.8. The molecular formula is C19H17ClF3N5O2S. The molecule has 3 rings (SSSR count). The molecule has 0 spiro atoms. The summed E-state index contributed by atoms with van der Waals surface area (Å²) in [6.45, 7) is 2.37. The van der Waals surface area contributed by atoms with Gasteiger partial charge in [-0.15, -0.1) is 10.2 Å². The minimum Gasteiger partial charge on any atom is -0.494 e. The van der Waals surface area contributed by atoms with Gasteiger partial charge in [0, 0.05) is 5.56 Å². The lowest BCUT2D eigenvalue weighted by molar-refractivity contribution is -0.137. The molecule has 3 N–H and O–H groups in total. The van der Waals surface area contributed by atoms with Crippen molar-refractivity contribution < 1.29 is 22.7 Å². The van der Waals surface area contributed by atoms with Crippen LogP contribution in [0.3, 0.4) is 0 Å². The van der Waals surface area contributed by atoms with Crippen LogP contribution >= 0.6 is 23.4 Å². The minimum atomic E-state index is -4.55. The summed E-state index contributed by atoms with van der Waals surface area (Å²) in [5.74, 6) is 6.32. The van der Waals surface area contributed by atoms with Crippen LogP contribution in [0.2, 0.25) is 5.02 Å². The Balaban J connectivity index is 1.67. The van der Waals surface area contributed by atoms with Crippen molar-refractivity contribution in [3.63, 3.8) is 0 Å². The first-order valence-corrected chi connectivity index (χ1v) is 10.3. The van der Waals surface area contributed by atoms with E-state index in [2.05, 4.69) is 15.5 Å². The second kappa shape index (κ2) is 9.48. The summed E-state index contributed by atoms with van der Waals surface area (Å²) in [5.41, 5.74) is -0.377. The number of alkyl halides is 3. The third-order valence-corrected chi connectivity index (χ3v) is 5.24. The Bertz CT molecular complexity index is 1090. The smallest absolute Gasteiger partial charge is 0.416 e. The second-order valence-corrected chi connectivity index (χ2v) is 7.52. The van der Waals surface area contributed by atoms with Crippen LogP contribution in [-0.4, -0.2) is 33.1 Å². The van der Waals surface area contributed by atoms with E-state index < -0.39 is 17.6 Å². The zero-order valence-corrected chi connectivity index (χ0v) is 17.7. The van der Waals surface area contributed by atoms with Crippen LogP contribution in [0.4, 0.5) is 18.9 Å². The zero-order chi connectivity index (χ0) is 22.6. The Morgan fingerprint density at radius 3 is 2.74 bits per heavy atom. The fraction of sp³-hybridized carbons (Fsp3) is 0.211. The van der Waals surface area contributed by atoms with Crippen LogP contribution in [0, 0.1) is 0 Å². The standard InChI is InChI=1S/C19H17ClF3N5O2S/c1-2-30-13-5-3-4-11(8-13)17-26-27-18(28(17)24)31-10-16(29)25-15-9-12(19(21,22)23)6-7-14(15)20/h3-9H,2,10,24H2,1H3,(H,25,29). The van der Waals surface area contributed by atoms with Gasteiger partial charge in [0.1, 0.15) is 5.75 Å². The largest absolute Gasteiger partial charge is 0.494 e. The topological polar surface area (TPSA) is 95.1 Å². The zero-order valence-electron chi connectivity index (χ0n) is 16.1. The lowest BCUT2D eigenvalue weighted by Crippen LogP contribution is -2.17. The number of halogens is 4. The number of aromatic nitrogens is 3. The number of nitrogens with zero attached hydrogens (tertiary/aromatic N) is 3. The summed E-state index contributed by atoms with van der Waals surface area (Å²) >= 11 is 6.87. The number of nitrogens with two attached hydrogens (primary N) is 1. The van der Waals surface area contributed by atoms with Gasteiger partial charge in [-0.1, -0.05) is 35.5 Å². The minimum absolute atomic E-state index is 0.00944. The average molecular weight is 472 g/mol. The van der Waals surface area contributed by atoms with E-state index in [0.29, 0.717) is 23.7 Å². The number of carbonyl (C=O) groups excluding carboxylic acids is 1. The molecule has 12 heteroatoms. The highest BCUT2D eigenvalue weighted by Gasteiger charge is 2.31. The molecule has 0 aliphatic rings. The molecule has 0 unspecified atom stereocenters. The predicted molar refractivity (Wildman–Crippen MR) is 113 cm³/mol. The van der Waals surface area contributed by atoms with E-state index in [0.717, 1.165) is 30.0 Å². The number of nitrogens with one attached hydrogen (secondary N) is 1. The predicted octanol–water partition coefficient (Wildman–Crippen LogP) is 4.46. The fourth-order valence-electron chi connectivity index (χ4n) is 2.58. The maximum Gasteiger partial charge on any atom is 0.416 e. The molecule has 0 aliphatic carbocycles. The summed E-state index contributed by atoms with van der Waals surface area (Å²) in [6, 6.07) is 9.81. The van der Waals surface area contributed by atoms with Gasteiger partial charge < -0.3 is 15.9 Å². The fourth-order valence-corrected chi connectivity index (χ4v) is 3.40. The molecule has 0 saturated heterocycles. The summed E-state index contributed by atoms with van der Waals surface area (Å²) in [7, 11) is 0. The first-order valence-electron chi connectivity index (χ1n) is 8.92. The molecule has 0 bridgehead atoms. The van der Waals surface area contributed by atoms with Gasteiger partial charge in [-0.3, -0.25) is 4.79 Å². The Kier molecular flexibility index (Phi) is 6.96. The highest BCUT2D eigenvalue weighted by atomic mass is 35.5. The number of hydrogen-bond donors (Lipinski definition) is 2. The van der Waals surface area contributed by atoms with Crippen molar-refractivity contribution in [1.82, 2.24) is 14.9 Å². The monoisotopic (exact) mass is 471 g/mol. The summed E-state index contributed by atoms with van der Waals surface area (Å²) in [5, 5.41) is 10.6. The Morgan fingerprint density at radius 1 is 1.26 bits per heavy atom. The van der Waals surface area contributed by atoms with Gasteiger partial charge in [0.25, 0.3) is 0 Å². The summed E-state index contributed by atoms with van der Waals surface area (Å²) < 4.78 is 45.3. The van der Waals surface area contributed by atoms with Gasteiger partial charge in [-0.2, -0.15) is 13.2 Å². The quantitative estimate of drug-likeness (QED) is 0.390. The van der Waals surface area contributed by atoms with Crippen molar-refractivity contribution in [1.29, 1.82) is 0 Å². The molecule has 0 atom stereocenters. The highest BCUT2D eigenvalue weighted by molar-refractivity contribution is 7.99. The van der Waals surface area contributed by atoms with Crippen LogP contribution in [0.5, 0.6) is 5.75 Å². The van der Waals surface area contributed by atoms with E-state index in [4.69, 9.17) is 22.2 Å². The van der Waals surface area contributed by atoms with Gasteiger partial charge in [0.15, 0.2) is 5.82 Å². The lowest BCUT2D eigenvalue weighted by atomic mass is 10.2. The van der Waals surface area contributed by atoms with Crippen molar-refractivity contribution in [2.24, 2.45) is 0 Å². The molecule has 1 aromatic heterocycles. The van der Waals surface area contributed by atoms with E-state index in [-0.39, 0.29) is 21.6 Å². The SMILES string of the molecule is CCOc1cccc(-c2nnc(SCC(=O)Nc3cc(C(F)(F)F)ccc3Cl)n2N)c1. The Morgan fingerprint density at radius 2 is 2.03 bits per heavy atom. The molecule has 3 aromatic rings. The van der Waals surface area contributed by atoms with Gasteiger partial charge in [-0.25, -0.2) is 4.68 Å². The number of rotatable bonds is 7. The molecule has 0 saturated carbocycles. The molecule has 0 fully saturated rings. The van der Waals surface area contributed by atoms with Gasteiger partial charge in [0.05, 0.1) is 28.6 Å². The number of ether oxygens (including phenoxy) is 1.